The molecule has 0 aromatic heterocycles. The normalized spacial score (nSPS) is 10.3. The van der Waals surface area contributed by atoms with Gasteiger partial charge in [-0.3, -0.25) is 10.1 Å². The van der Waals surface area contributed by atoms with Gasteiger partial charge >= 0.3 is 11.4 Å². The SMILES string of the molecule is O=C(Cl)OCc1ccc(C(=O)Oc2cc(Cl)c(Cl)cc2Cl)cc1[N+](=O)[O-]. The molecular weight excluding hydrogens is 432 g/mol. The van der Waals surface area contributed by atoms with Crippen molar-refractivity contribution in [3.63, 3.8) is 0 Å². The number of nitro groups is 1. The van der Waals surface area contributed by atoms with Crippen molar-refractivity contribution in [1.82, 2.24) is 0 Å². The van der Waals surface area contributed by atoms with Gasteiger partial charge in [0.15, 0.2) is 5.75 Å². The molecule has 0 radical (unpaired) electrons. The Morgan fingerprint density at radius 3 is 2.31 bits per heavy atom. The minimum absolute atomic E-state index is 0.0351. The van der Waals surface area contributed by atoms with Crippen molar-refractivity contribution < 1.29 is 24.0 Å². The van der Waals surface area contributed by atoms with Crippen LogP contribution >= 0.6 is 46.4 Å². The van der Waals surface area contributed by atoms with E-state index in [1.54, 1.807) is 0 Å². The summed E-state index contributed by atoms with van der Waals surface area (Å²) in [5.74, 6) is -0.969. The van der Waals surface area contributed by atoms with Gasteiger partial charge in [0.1, 0.15) is 6.61 Å². The summed E-state index contributed by atoms with van der Waals surface area (Å²) in [6.45, 7) is -0.424. The van der Waals surface area contributed by atoms with E-state index < -0.39 is 28.6 Å². The van der Waals surface area contributed by atoms with E-state index >= 15 is 0 Å². The van der Waals surface area contributed by atoms with E-state index in [0.29, 0.717) is 0 Å². The minimum Gasteiger partial charge on any atom is -0.449 e. The average Bonchev–Trinajstić information content (AvgIpc) is 2.57. The maximum atomic E-state index is 12.2. The fourth-order valence-corrected chi connectivity index (χ4v) is 2.49. The lowest BCUT2D eigenvalue weighted by atomic mass is 10.1. The van der Waals surface area contributed by atoms with Gasteiger partial charge in [-0.1, -0.05) is 34.8 Å². The maximum absolute atomic E-state index is 12.2. The van der Waals surface area contributed by atoms with Crippen LogP contribution in [0.2, 0.25) is 15.1 Å². The highest BCUT2D eigenvalue weighted by molar-refractivity contribution is 6.61. The van der Waals surface area contributed by atoms with E-state index in [4.69, 9.17) is 51.1 Å². The van der Waals surface area contributed by atoms with Crippen LogP contribution in [0.25, 0.3) is 0 Å². The van der Waals surface area contributed by atoms with E-state index in [0.717, 1.165) is 6.07 Å². The Hall–Kier alpha value is -2.06. The highest BCUT2D eigenvalue weighted by Crippen LogP contribution is 2.34. The molecule has 0 fully saturated rings. The second-order valence-electron chi connectivity index (χ2n) is 4.71. The number of carbonyl (C=O) groups excluding carboxylic acids is 2. The molecule has 26 heavy (non-hydrogen) atoms. The fraction of sp³-hybridized carbons (Fsp3) is 0.0667. The number of hydrogen-bond acceptors (Lipinski definition) is 6. The van der Waals surface area contributed by atoms with Crippen molar-refractivity contribution in [2.24, 2.45) is 0 Å². The van der Waals surface area contributed by atoms with Gasteiger partial charge < -0.3 is 9.47 Å². The highest BCUT2D eigenvalue weighted by Gasteiger charge is 2.20. The van der Waals surface area contributed by atoms with Crippen molar-refractivity contribution >= 4 is 63.5 Å². The molecule has 0 saturated heterocycles. The molecule has 11 heteroatoms. The van der Waals surface area contributed by atoms with Crippen LogP contribution in [0.3, 0.4) is 0 Å². The number of esters is 1. The van der Waals surface area contributed by atoms with Crippen molar-refractivity contribution in [2.45, 2.75) is 6.61 Å². The maximum Gasteiger partial charge on any atom is 0.404 e. The molecule has 0 saturated carbocycles. The number of carbonyl (C=O) groups is 2. The quantitative estimate of drug-likeness (QED) is 0.149. The Labute approximate surface area is 166 Å². The Balaban J connectivity index is 2.29. The lowest BCUT2D eigenvalue weighted by Gasteiger charge is -2.09. The topological polar surface area (TPSA) is 95.7 Å². The van der Waals surface area contributed by atoms with E-state index in [1.807, 2.05) is 0 Å². The zero-order chi connectivity index (χ0) is 19.4. The molecule has 2 rings (SSSR count). The number of nitro benzene ring substituents is 1. The van der Waals surface area contributed by atoms with Gasteiger partial charge in [-0.2, -0.15) is 0 Å². The van der Waals surface area contributed by atoms with Gasteiger partial charge in [0.2, 0.25) is 0 Å². The van der Waals surface area contributed by atoms with Crippen molar-refractivity contribution in [2.75, 3.05) is 0 Å². The number of ether oxygens (including phenoxy) is 2. The molecule has 0 aliphatic rings. The average molecular weight is 439 g/mol. The van der Waals surface area contributed by atoms with Crippen molar-refractivity contribution in [1.29, 1.82) is 0 Å². The van der Waals surface area contributed by atoms with Crippen LogP contribution in [0.1, 0.15) is 15.9 Å². The molecule has 0 atom stereocenters. The molecule has 0 bridgehead atoms. The van der Waals surface area contributed by atoms with Crippen LogP contribution in [0, 0.1) is 10.1 Å². The zero-order valence-corrected chi connectivity index (χ0v) is 15.5. The van der Waals surface area contributed by atoms with E-state index in [9.17, 15) is 19.7 Å². The molecule has 7 nitrogen and oxygen atoms in total. The summed E-state index contributed by atoms with van der Waals surface area (Å²) >= 11 is 22.6. The van der Waals surface area contributed by atoms with Crippen LogP contribution in [0.15, 0.2) is 30.3 Å². The largest absolute Gasteiger partial charge is 0.449 e. The van der Waals surface area contributed by atoms with Crippen molar-refractivity contribution in [3.05, 3.63) is 66.6 Å². The van der Waals surface area contributed by atoms with Crippen LogP contribution in [-0.4, -0.2) is 16.3 Å². The van der Waals surface area contributed by atoms with E-state index in [-0.39, 0.29) is 31.9 Å². The molecule has 2 aromatic rings. The molecule has 0 N–H and O–H groups in total. The van der Waals surface area contributed by atoms with Crippen LogP contribution < -0.4 is 4.74 Å². The molecule has 0 heterocycles. The predicted molar refractivity (Wildman–Crippen MR) is 95.6 cm³/mol. The summed E-state index contributed by atoms with van der Waals surface area (Å²) in [5.41, 5.74) is -1.64. The molecule has 0 aliphatic carbocycles. The number of rotatable bonds is 5. The summed E-state index contributed by atoms with van der Waals surface area (Å²) in [6.07, 6.45) is 0. The monoisotopic (exact) mass is 437 g/mol. The lowest BCUT2D eigenvalue weighted by molar-refractivity contribution is -0.385. The molecule has 0 amide bonds. The summed E-state index contributed by atoms with van der Waals surface area (Å²) in [6, 6.07) is 6.02. The first-order valence-electron chi connectivity index (χ1n) is 6.65. The second-order valence-corrected chi connectivity index (χ2v) is 6.24. The van der Waals surface area contributed by atoms with E-state index in [1.165, 1.54) is 24.3 Å². The third-order valence-electron chi connectivity index (χ3n) is 3.04. The number of hydrogen-bond donors (Lipinski definition) is 0. The third-order valence-corrected chi connectivity index (χ3v) is 4.16. The Bertz CT molecular complexity index is 902. The fourth-order valence-electron chi connectivity index (χ4n) is 1.86. The lowest BCUT2D eigenvalue weighted by Crippen LogP contribution is -2.10. The number of benzene rings is 2. The zero-order valence-electron chi connectivity index (χ0n) is 12.5. The molecule has 0 unspecified atom stereocenters. The first kappa shape index (κ1) is 20.3. The first-order chi connectivity index (χ1) is 12.2. The van der Waals surface area contributed by atoms with Gasteiger partial charge in [-0.05, 0) is 18.2 Å². The highest BCUT2D eigenvalue weighted by atomic mass is 35.5. The smallest absolute Gasteiger partial charge is 0.404 e. The molecule has 2 aromatic carbocycles. The van der Waals surface area contributed by atoms with E-state index in [2.05, 4.69) is 4.74 Å². The molecule has 136 valence electrons. The van der Waals surface area contributed by atoms with Gasteiger partial charge in [0, 0.05) is 23.7 Å². The summed E-state index contributed by atoms with van der Waals surface area (Å²) in [7, 11) is 0. The molecular formula is C15H7Cl4NO6. The molecule has 0 spiro atoms. The minimum atomic E-state index is -1.11. The van der Waals surface area contributed by atoms with Gasteiger partial charge in [0.25, 0.3) is 5.69 Å². The Morgan fingerprint density at radius 1 is 1.04 bits per heavy atom. The second kappa shape index (κ2) is 8.55. The molecule has 0 aliphatic heterocycles. The van der Waals surface area contributed by atoms with Crippen LogP contribution in [-0.2, 0) is 11.3 Å². The standard InChI is InChI=1S/C15H7Cl4NO6/c16-9-4-11(18)13(5-10(9)17)26-14(21)7-1-2-8(6-25-15(19)22)12(3-7)20(23)24/h1-5H,6H2. The summed E-state index contributed by atoms with van der Waals surface area (Å²) < 4.78 is 9.61. The predicted octanol–water partition coefficient (Wildman–Crippen LogP) is 5.65. The summed E-state index contributed by atoms with van der Waals surface area (Å²) in [5, 5.41) is 11.5. The Kier molecular flexibility index (Phi) is 6.66. The van der Waals surface area contributed by atoms with Gasteiger partial charge in [-0.15, -0.1) is 0 Å². The van der Waals surface area contributed by atoms with Gasteiger partial charge in [-0.25, -0.2) is 9.59 Å². The van der Waals surface area contributed by atoms with Gasteiger partial charge in [0.05, 0.1) is 31.1 Å². The van der Waals surface area contributed by atoms with Crippen LogP contribution in [0.4, 0.5) is 10.5 Å². The first-order valence-corrected chi connectivity index (χ1v) is 8.16. The number of halogens is 4. The van der Waals surface area contributed by atoms with Crippen molar-refractivity contribution in [3.8, 4) is 5.75 Å². The Morgan fingerprint density at radius 2 is 1.69 bits per heavy atom. The third kappa shape index (κ3) is 4.98. The number of nitrogens with zero attached hydrogens (tertiary/aromatic N) is 1. The summed E-state index contributed by atoms with van der Waals surface area (Å²) in [4.78, 5) is 33.3. The van der Waals surface area contributed by atoms with Crippen LogP contribution in [0.5, 0.6) is 5.75 Å².